The highest BCUT2D eigenvalue weighted by atomic mass is 19.1. The number of nitrogens with zero attached hydrogens (tertiary/aromatic N) is 1. The second-order valence-corrected chi connectivity index (χ2v) is 4.14. The molecule has 2 fully saturated rings. The van der Waals surface area contributed by atoms with Gasteiger partial charge in [-0.3, -0.25) is 15.0 Å². The molecule has 0 radical (unpaired) electrons. The maximum Gasteiger partial charge on any atom is 0.326 e. The number of rotatable bonds is 2. The monoisotopic (exact) mass is 264 g/mol. The summed E-state index contributed by atoms with van der Waals surface area (Å²) in [6.07, 6.45) is -7.16. The predicted octanol–water partition coefficient (Wildman–Crippen LogP) is -2.68. The van der Waals surface area contributed by atoms with Gasteiger partial charge in [-0.1, -0.05) is 0 Å². The number of nitrogens with one attached hydrogen (secondary N) is 1. The Balaban J connectivity index is 2.12. The van der Waals surface area contributed by atoms with Crippen LogP contribution in [0.2, 0.25) is 0 Å². The molecule has 0 aliphatic carbocycles. The number of hydrogen-bond donors (Lipinski definition) is 4. The van der Waals surface area contributed by atoms with Crippen LogP contribution in [0.1, 0.15) is 0 Å². The number of aliphatic hydroxyl groups is 3. The summed E-state index contributed by atoms with van der Waals surface area (Å²) in [4.78, 5) is 23.2. The molecule has 0 aromatic heterocycles. The van der Waals surface area contributed by atoms with E-state index >= 15 is 0 Å². The Hall–Kier alpha value is -1.29. The minimum atomic E-state index is -1.93. The Labute approximate surface area is 101 Å². The molecule has 0 aromatic rings. The average molecular weight is 264 g/mol. The van der Waals surface area contributed by atoms with Gasteiger partial charge in [0.15, 0.2) is 12.4 Å². The van der Waals surface area contributed by atoms with Crippen molar-refractivity contribution in [3.63, 3.8) is 0 Å². The van der Waals surface area contributed by atoms with Crippen molar-refractivity contribution in [2.75, 3.05) is 13.2 Å². The lowest BCUT2D eigenvalue weighted by Gasteiger charge is -2.34. The van der Waals surface area contributed by atoms with Crippen LogP contribution in [0.15, 0.2) is 0 Å². The first-order valence-electron chi connectivity index (χ1n) is 5.33. The first kappa shape index (κ1) is 13.1. The Bertz CT molecular complexity index is 367. The predicted molar refractivity (Wildman–Crippen MR) is 52.9 cm³/mol. The Morgan fingerprint density at radius 2 is 2.06 bits per heavy atom. The molecule has 1 unspecified atom stereocenters. The number of halogens is 1. The SMILES string of the molecule is O=C1NC(=O)N([C@@H]2O[C@H](CO)[C@@H](O)[C@@H]2O)CC1F. The Morgan fingerprint density at radius 1 is 1.39 bits per heavy atom. The molecule has 9 heteroatoms. The number of imide groups is 1. The van der Waals surface area contributed by atoms with E-state index in [0.717, 1.165) is 4.90 Å². The fraction of sp³-hybridized carbons (Fsp3) is 0.778. The van der Waals surface area contributed by atoms with Crippen LogP contribution in [0.25, 0.3) is 0 Å². The molecule has 2 aliphatic heterocycles. The summed E-state index contributed by atoms with van der Waals surface area (Å²) >= 11 is 0. The van der Waals surface area contributed by atoms with E-state index in [4.69, 9.17) is 9.84 Å². The maximum absolute atomic E-state index is 13.2. The van der Waals surface area contributed by atoms with Gasteiger partial charge in [-0.15, -0.1) is 0 Å². The van der Waals surface area contributed by atoms with E-state index in [1.165, 1.54) is 0 Å². The van der Waals surface area contributed by atoms with Crippen molar-refractivity contribution >= 4 is 11.9 Å². The quantitative estimate of drug-likeness (QED) is 0.431. The van der Waals surface area contributed by atoms with Crippen LogP contribution in [-0.4, -0.2) is 76.0 Å². The van der Waals surface area contributed by atoms with Crippen LogP contribution in [0.4, 0.5) is 9.18 Å². The summed E-state index contributed by atoms with van der Waals surface area (Å²) in [6.45, 7) is -1.13. The van der Waals surface area contributed by atoms with Crippen molar-refractivity contribution in [1.82, 2.24) is 10.2 Å². The first-order chi connectivity index (χ1) is 8.45. The lowest BCUT2D eigenvalue weighted by Crippen LogP contribution is -2.60. The largest absolute Gasteiger partial charge is 0.394 e. The molecule has 0 aromatic carbocycles. The zero-order valence-electron chi connectivity index (χ0n) is 9.19. The summed E-state index contributed by atoms with van der Waals surface area (Å²) in [5.41, 5.74) is 0. The number of aliphatic hydroxyl groups excluding tert-OH is 3. The molecule has 0 spiro atoms. The highest BCUT2D eigenvalue weighted by Crippen LogP contribution is 2.25. The molecule has 8 nitrogen and oxygen atoms in total. The van der Waals surface area contributed by atoms with Gasteiger partial charge in [0.1, 0.15) is 18.3 Å². The van der Waals surface area contributed by atoms with Crippen molar-refractivity contribution in [2.45, 2.75) is 30.7 Å². The second-order valence-electron chi connectivity index (χ2n) is 4.14. The Morgan fingerprint density at radius 3 is 2.61 bits per heavy atom. The topological polar surface area (TPSA) is 119 Å². The van der Waals surface area contributed by atoms with Gasteiger partial charge in [0, 0.05) is 0 Å². The van der Waals surface area contributed by atoms with Gasteiger partial charge in [-0.05, 0) is 0 Å². The Kier molecular flexibility index (Phi) is 3.48. The zero-order valence-corrected chi connectivity index (χ0v) is 9.19. The minimum Gasteiger partial charge on any atom is -0.394 e. The van der Waals surface area contributed by atoms with Crippen molar-refractivity contribution in [3.8, 4) is 0 Å². The number of alkyl halides is 1. The van der Waals surface area contributed by atoms with Crippen LogP contribution in [0, 0.1) is 0 Å². The van der Waals surface area contributed by atoms with Crippen LogP contribution < -0.4 is 5.32 Å². The van der Waals surface area contributed by atoms with E-state index in [-0.39, 0.29) is 0 Å². The molecular weight excluding hydrogens is 251 g/mol. The molecule has 2 aliphatic rings. The van der Waals surface area contributed by atoms with Crippen LogP contribution in [0.5, 0.6) is 0 Å². The van der Waals surface area contributed by atoms with Gasteiger partial charge >= 0.3 is 6.03 Å². The van der Waals surface area contributed by atoms with E-state index < -0.39 is 55.8 Å². The fourth-order valence-corrected chi connectivity index (χ4v) is 1.95. The maximum atomic E-state index is 13.2. The van der Waals surface area contributed by atoms with E-state index in [1.54, 1.807) is 5.32 Å². The number of carbonyl (C=O) groups excluding carboxylic acids is 2. The van der Waals surface area contributed by atoms with Gasteiger partial charge in [0.2, 0.25) is 0 Å². The first-order valence-corrected chi connectivity index (χ1v) is 5.33. The minimum absolute atomic E-state index is 0.553. The van der Waals surface area contributed by atoms with Crippen molar-refractivity contribution < 1.29 is 34.0 Å². The summed E-state index contributed by atoms with van der Waals surface area (Å²) < 4.78 is 18.3. The molecular formula is C9H13FN2O6. The van der Waals surface area contributed by atoms with Gasteiger partial charge in [-0.2, -0.15) is 0 Å². The fourth-order valence-electron chi connectivity index (χ4n) is 1.95. The molecule has 5 atom stereocenters. The molecule has 4 N–H and O–H groups in total. The summed E-state index contributed by atoms with van der Waals surface area (Å²) in [5.74, 6) is -1.05. The smallest absolute Gasteiger partial charge is 0.326 e. The number of urea groups is 1. The summed E-state index contributed by atoms with van der Waals surface area (Å²) in [6, 6.07) is -0.913. The summed E-state index contributed by atoms with van der Waals surface area (Å²) in [5, 5.41) is 29.8. The number of carbonyl (C=O) groups is 2. The van der Waals surface area contributed by atoms with Crippen LogP contribution in [-0.2, 0) is 9.53 Å². The van der Waals surface area contributed by atoms with Gasteiger partial charge < -0.3 is 20.1 Å². The van der Waals surface area contributed by atoms with E-state index in [2.05, 4.69) is 0 Å². The lowest BCUT2D eigenvalue weighted by molar-refractivity contribution is -0.132. The third-order valence-electron chi connectivity index (χ3n) is 2.96. The van der Waals surface area contributed by atoms with Crippen LogP contribution in [0.3, 0.4) is 0 Å². The van der Waals surface area contributed by atoms with Gasteiger partial charge in [0.25, 0.3) is 5.91 Å². The highest BCUT2D eigenvalue weighted by Gasteiger charge is 2.49. The normalized spacial score (nSPS) is 41.1. The number of amides is 3. The molecule has 3 amide bonds. The molecule has 0 bridgehead atoms. The van der Waals surface area contributed by atoms with Crippen molar-refractivity contribution in [1.29, 1.82) is 0 Å². The third kappa shape index (κ3) is 2.05. The van der Waals surface area contributed by atoms with E-state index in [0.29, 0.717) is 0 Å². The third-order valence-corrected chi connectivity index (χ3v) is 2.96. The molecule has 102 valence electrons. The van der Waals surface area contributed by atoms with E-state index in [1.807, 2.05) is 0 Å². The van der Waals surface area contributed by atoms with E-state index in [9.17, 15) is 24.2 Å². The molecule has 0 saturated carbocycles. The molecule has 2 rings (SSSR count). The molecule has 18 heavy (non-hydrogen) atoms. The molecule has 2 heterocycles. The zero-order chi connectivity index (χ0) is 13.4. The van der Waals surface area contributed by atoms with Crippen molar-refractivity contribution in [2.24, 2.45) is 0 Å². The number of hydrogen-bond acceptors (Lipinski definition) is 6. The van der Waals surface area contributed by atoms with Crippen molar-refractivity contribution in [3.05, 3.63) is 0 Å². The lowest BCUT2D eigenvalue weighted by atomic mass is 10.1. The van der Waals surface area contributed by atoms with Gasteiger partial charge in [0.05, 0.1) is 13.2 Å². The second kappa shape index (κ2) is 4.76. The number of ether oxygens (including phenoxy) is 1. The summed E-state index contributed by atoms with van der Waals surface area (Å²) in [7, 11) is 0. The van der Waals surface area contributed by atoms with Gasteiger partial charge in [-0.25, -0.2) is 9.18 Å². The van der Waals surface area contributed by atoms with Crippen LogP contribution >= 0.6 is 0 Å². The highest BCUT2D eigenvalue weighted by molar-refractivity contribution is 5.99. The average Bonchev–Trinajstić information content (AvgIpc) is 2.61. The molecule has 2 saturated heterocycles. The standard InChI is InChI=1S/C9H13FN2O6/c10-3-1-12(9(17)11-7(3)16)8-6(15)5(14)4(2-13)18-8/h3-6,8,13-15H,1-2H2,(H,11,16,17)/t3?,4-,5-,6+,8-/m1/s1.